The molecule has 0 radical (unpaired) electrons. The summed E-state index contributed by atoms with van der Waals surface area (Å²) in [5.74, 6) is -2.33. The number of carbonyl (C=O) groups excluding carboxylic acids is 1. The minimum Gasteiger partial charge on any atom is -0.481 e. The predicted octanol–water partition coefficient (Wildman–Crippen LogP) is 1.45. The second-order valence-electron chi connectivity index (χ2n) is 4.25. The van der Waals surface area contributed by atoms with Crippen molar-refractivity contribution in [2.75, 3.05) is 6.54 Å². The average molecular weight is 254 g/mol. The Morgan fingerprint density at radius 1 is 1.50 bits per heavy atom. The Morgan fingerprint density at radius 3 is 2.67 bits per heavy atom. The second-order valence-corrected chi connectivity index (χ2v) is 4.25. The number of amides is 1. The van der Waals surface area contributed by atoms with E-state index >= 15 is 0 Å². The van der Waals surface area contributed by atoms with Crippen LogP contribution in [0.25, 0.3) is 0 Å². The Labute approximate surface area is 104 Å². The van der Waals surface area contributed by atoms with E-state index in [1.807, 2.05) is 0 Å². The van der Waals surface area contributed by atoms with Gasteiger partial charge in [-0.3, -0.25) is 9.59 Å². The predicted molar refractivity (Wildman–Crippen MR) is 62.6 cm³/mol. The number of hydrogen-bond acceptors (Lipinski definition) is 3. The van der Waals surface area contributed by atoms with Gasteiger partial charge in [0.2, 0.25) is 5.95 Å². The van der Waals surface area contributed by atoms with Gasteiger partial charge in [0.1, 0.15) is 5.69 Å². The Balaban J connectivity index is 2.69. The van der Waals surface area contributed by atoms with E-state index < -0.39 is 23.2 Å². The number of rotatable bonds is 5. The molecule has 6 heteroatoms. The summed E-state index contributed by atoms with van der Waals surface area (Å²) < 4.78 is 12.8. The number of carboxylic acids is 1. The fourth-order valence-corrected chi connectivity index (χ4v) is 1.25. The summed E-state index contributed by atoms with van der Waals surface area (Å²) in [6.45, 7) is 3.23. The zero-order valence-corrected chi connectivity index (χ0v) is 10.2. The number of pyridine rings is 1. The van der Waals surface area contributed by atoms with Crippen LogP contribution in [0.15, 0.2) is 18.2 Å². The maximum atomic E-state index is 12.8. The smallest absolute Gasteiger partial charge is 0.311 e. The molecule has 0 fully saturated rings. The number of nitrogens with one attached hydrogen (secondary N) is 1. The van der Waals surface area contributed by atoms with Gasteiger partial charge in [-0.25, -0.2) is 4.98 Å². The molecule has 1 heterocycles. The fourth-order valence-electron chi connectivity index (χ4n) is 1.25. The number of halogens is 1. The lowest BCUT2D eigenvalue weighted by atomic mass is 9.88. The van der Waals surface area contributed by atoms with Crippen molar-refractivity contribution in [3.63, 3.8) is 0 Å². The van der Waals surface area contributed by atoms with E-state index in [4.69, 9.17) is 5.11 Å². The number of carbonyl (C=O) groups is 2. The van der Waals surface area contributed by atoms with Gasteiger partial charge in [-0.05, 0) is 25.5 Å². The first-order valence-corrected chi connectivity index (χ1v) is 5.53. The van der Waals surface area contributed by atoms with Gasteiger partial charge < -0.3 is 10.4 Å². The highest BCUT2D eigenvalue weighted by Crippen LogP contribution is 2.19. The van der Waals surface area contributed by atoms with Crippen LogP contribution < -0.4 is 5.32 Å². The van der Waals surface area contributed by atoms with Gasteiger partial charge in [0, 0.05) is 6.54 Å². The molecule has 0 saturated carbocycles. The van der Waals surface area contributed by atoms with Crippen molar-refractivity contribution in [3.05, 3.63) is 29.8 Å². The molecule has 1 aromatic rings. The lowest BCUT2D eigenvalue weighted by Gasteiger charge is -2.23. The minimum atomic E-state index is -1.04. The molecule has 0 aromatic carbocycles. The van der Waals surface area contributed by atoms with Crippen LogP contribution in [0.2, 0.25) is 0 Å². The summed E-state index contributed by atoms with van der Waals surface area (Å²) in [5, 5.41) is 11.5. The van der Waals surface area contributed by atoms with Crippen molar-refractivity contribution in [1.82, 2.24) is 10.3 Å². The van der Waals surface area contributed by atoms with Gasteiger partial charge in [-0.1, -0.05) is 13.0 Å². The first kappa shape index (κ1) is 14.1. The molecule has 2 N–H and O–H groups in total. The molecular weight excluding hydrogens is 239 g/mol. The van der Waals surface area contributed by atoms with Crippen LogP contribution >= 0.6 is 0 Å². The number of aliphatic carboxylic acids is 1. The standard InChI is InChI=1S/C12H15FN2O3/c1-3-12(2,11(17)18)7-14-10(16)8-5-4-6-9(13)15-8/h4-6H,3,7H2,1-2H3,(H,14,16)(H,17,18). The van der Waals surface area contributed by atoms with Gasteiger partial charge in [-0.2, -0.15) is 4.39 Å². The van der Waals surface area contributed by atoms with Crippen LogP contribution in [0.5, 0.6) is 0 Å². The largest absolute Gasteiger partial charge is 0.481 e. The molecular formula is C12H15FN2O3. The Morgan fingerprint density at radius 2 is 2.17 bits per heavy atom. The Hall–Kier alpha value is -1.98. The van der Waals surface area contributed by atoms with E-state index in [1.165, 1.54) is 19.1 Å². The maximum absolute atomic E-state index is 12.8. The molecule has 1 amide bonds. The molecule has 1 aromatic heterocycles. The number of hydrogen-bond donors (Lipinski definition) is 2. The highest BCUT2D eigenvalue weighted by molar-refractivity contribution is 5.92. The van der Waals surface area contributed by atoms with Crippen molar-refractivity contribution >= 4 is 11.9 Å². The molecule has 1 unspecified atom stereocenters. The second kappa shape index (κ2) is 5.57. The average Bonchev–Trinajstić information content (AvgIpc) is 2.35. The van der Waals surface area contributed by atoms with Crippen molar-refractivity contribution < 1.29 is 19.1 Å². The summed E-state index contributed by atoms with van der Waals surface area (Å²) in [7, 11) is 0. The topological polar surface area (TPSA) is 79.3 Å². The molecule has 1 atom stereocenters. The molecule has 1 rings (SSSR count). The van der Waals surface area contributed by atoms with Crippen LogP contribution in [0.4, 0.5) is 4.39 Å². The third-order valence-corrected chi connectivity index (χ3v) is 2.88. The van der Waals surface area contributed by atoms with Crippen LogP contribution in [-0.4, -0.2) is 28.5 Å². The van der Waals surface area contributed by atoms with Crippen molar-refractivity contribution in [2.45, 2.75) is 20.3 Å². The third-order valence-electron chi connectivity index (χ3n) is 2.88. The maximum Gasteiger partial charge on any atom is 0.311 e. The summed E-state index contributed by atoms with van der Waals surface area (Å²) in [4.78, 5) is 26.1. The number of carboxylic acid groups (broad SMARTS) is 1. The lowest BCUT2D eigenvalue weighted by Crippen LogP contribution is -2.40. The first-order valence-electron chi connectivity index (χ1n) is 5.53. The van der Waals surface area contributed by atoms with Crippen molar-refractivity contribution in [2.24, 2.45) is 5.41 Å². The van der Waals surface area contributed by atoms with E-state index in [1.54, 1.807) is 6.92 Å². The highest BCUT2D eigenvalue weighted by atomic mass is 19.1. The molecule has 98 valence electrons. The first-order chi connectivity index (χ1) is 8.39. The van der Waals surface area contributed by atoms with Gasteiger partial charge in [0.05, 0.1) is 5.41 Å². The molecule has 18 heavy (non-hydrogen) atoms. The van der Waals surface area contributed by atoms with Crippen LogP contribution in [-0.2, 0) is 4.79 Å². The quantitative estimate of drug-likeness (QED) is 0.779. The van der Waals surface area contributed by atoms with E-state index in [-0.39, 0.29) is 12.2 Å². The van der Waals surface area contributed by atoms with Crippen molar-refractivity contribution in [3.8, 4) is 0 Å². The third kappa shape index (κ3) is 3.26. The van der Waals surface area contributed by atoms with Gasteiger partial charge in [-0.15, -0.1) is 0 Å². The van der Waals surface area contributed by atoms with Gasteiger partial charge in [0.25, 0.3) is 5.91 Å². The fraction of sp³-hybridized carbons (Fsp3) is 0.417. The molecule has 0 aliphatic carbocycles. The zero-order chi connectivity index (χ0) is 13.8. The van der Waals surface area contributed by atoms with Gasteiger partial charge >= 0.3 is 5.97 Å². The van der Waals surface area contributed by atoms with Crippen molar-refractivity contribution in [1.29, 1.82) is 0 Å². The van der Waals surface area contributed by atoms with E-state index in [0.717, 1.165) is 6.07 Å². The van der Waals surface area contributed by atoms with Crippen LogP contribution in [0.3, 0.4) is 0 Å². The zero-order valence-electron chi connectivity index (χ0n) is 10.2. The molecule has 0 saturated heterocycles. The molecule has 0 aliphatic heterocycles. The number of aromatic nitrogens is 1. The Kier molecular flexibility index (Phi) is 4.36. The summed E-state index contributed by atoms with van der Waals surface area (Å²) in [6.07, 6.45) is 0.374. The SMILES string of the molecule is CCC(C)(CNC(=O)c1cccc(F)n1)C(=O)O. The number of nitrogens with zero attached hydrogens (tertiary/aromatic N) is 1. The Bertz CT molecular complexity index is 464. The van der Waals surface area contributed by atoms with E-state index in [2.05, 4.69) is 10.3 Å². The molecule has 0 bridgehead atoms. The van der Waals surface area contributed by atoms with E-state index in [0.29, 0.717) is 6.42 Å². The van der Waals surface area contributed by atoms with Crippen LogP contribution in [0, 0.1) is 11.4 Å². The summed E-state index contributed by atoms with van der Waals surface area (Å²) in [5.41, 5.74) is -1.11. The van der Waals surface area contributed by atoms with Crippen LogP contribution in [0.1, 0.15) is 30.8 Å². The monoisotopic (exact) mass is 254 g/mol. The highest BCUT2D eigenvalue weighted by Gasteiger charge is 2.31. The lowest BCUT2D eigenvalue weighted by molar-refractivity contribution is -0.147. The molecule has 0 aliphatic rings. The summed E-state index contributed by atoms with van der Waals surface area (Å²) >= 11 is 0. The summed E-state index contributed by atoms with van der Waals surface area (Å²) in [6, 6.07) is 3.86. The minimum absolute atomic E-state index is 0.0319. The molecule has 5 nitrogen and oxygen atoms in total. The molecule has 0 spiro atoms. The van der Waals surface area contributed by atoms with E-state index in [9.17, 15) is 14.0 Å². The normalized spacial score (nSPS) is 13.7. The van der Waals surface area contributed by atoms with Gasteiger partial charge in [0.15, 0.2) is 0 Å².